The number of imidazole rings is 1. The Balaban J connectivity index is 1.82. The molecule has 1 atom stereocenters. The summed E-state index contributed by atoms with van der Waals surface area (Å²) in [5.74, 6) is -1.06. The summed E-state index contributed by atoms with van der Waals surface area (Å²) < 4.78 is 0. The van der Waals surface area contributed by atoms with Gasteiger partial charge in [0.15, 0.2) is 0 Å². The van der Waals surface area contributed by atoms with Gasteiger partial charge in [-0.3, -0.25) is 0 Å². The van der Waals surface area contributed by atoms with Crippen LogP contribution in [-0.4, -0.2) is 39.7 Å². The minimum Gasteiger partial charge on any atom is -0.480 e. The van der Waals surface area contributed by atoms with E-state index in [0.717, 1.165) is 19.3 Å². The smallest absolute Gasteiger partial charge is 0.326 e. The number of rotatable bonds is 7. The van der Waals surface area contributed by atoms with Crippen LogP contribution in [0.2, 0.25) is 0 Å². The maximum atomic E-state index is 11.9. The number of aliphatic carboxylic acids is 1. The first-order valence-electron chi connectivity index (χ1n) is 7.29. The predicted molar refractivity (Wildman–Crippen MR) is 76.8 cm³/mol. The van der Waals surface area contributed by atoms with Crippen LogP contribution in [0.25, 0.3) is 0 Å². The molecule has 7 nitrogen and oxygen atoms in total. The Morgan fingerprint density at radius 3 is 2.76 bits per heavy atom. The van der Waals surface area contributed by atoms with Gasteiger partial charge in [-0.2, -0.15) is 0 Å². The van der Waals surface area contributed by atoms with Crippen LogP contribution in [0.4, 0.5) is 4.79 Å². The van der Waals surface area contributed by atoms with Crippen molar-refractivity contribution in [3.05, 3.63) is 18.2 Å². The lowest BCUT2D eigenvalue weighted by atomic mass is 9.67. The van der Waals surface area contributed by atoms with Gasteiger partial charge in [-0.1, -0.05) is 13.3 Å². The topological polar surface area (TPSA) is 107 Å². The van der Waals surface area contributed by atoms with Crippen molar-refractivity contribution in [2.24, 2.45) is 5.41 Å². The van der Waals surface area contributed by atoms with Gasteiger partial charge in [0.1, 0.15) is 6.04 Å². The highest BCUT2D eigenvalue weighted by molar-refractivity contribution is 5.82. The zero-order valence-electron chi connectivity index (χ0n) is 12.2. The number of H-pyrrole nitrogens is 1. The number of carbonyl (C=O) groups excluding carboxylic acids is 1. The Bertz CT molecular complexity index is 477. The molecule has 1 heterocycles. The minimum atomic E-state index is -1.06. The number of hydrogen-bond acceptors (Lipinski definition) is 3. The highest BCUT2D eigenvalue weighted by Crippen LogP contribution is 2.42. The maximum Gasteiger partial charge on any atom is 0.326 e. The summed E-state index contributed by atoms with van der Waals surface area (Å²) in [6.45, 7) is 2.72. The maximum absolute atomic E-state index is 11.9. The van der Waals surface area contributed by atoms with Crippen molar-refractivity contribution in [1.82, 2.24) is 20.6 Å². The SMILES string of the molecule is CCC1(CNC(=O)N[C@@H](Cc2cnc[nH]2)C(=O)O)CCC1. The zero-order chi connectivity index (χ0) is 15.3. The van der Waals surface area contributed by atoms with Gasteiger partial charge in [-0.15, -0.1) is 0 Å². The second-order valence-electron chi connectivity index (χ2n) is 5.71. The minimum absolute atomic E-state index is 0.182. The fourth-order valence-electron chi connectivity index (χ4n) is 2.63. The van der Waals surface area contributed by atoms with Gasteiger partial charge in [0.25, 0.3) is 0 Å². The molecule has 0 spiro atoms. The third-order valence-corrected chi connectivity index (χ3v) is 4.37. The number of carboxylic acids is 1. The second-order valence-corrected chi connectivity index (χ2v) is 5.71. The first kappa shape index (κ1) is 15.3. The molecular formula is C14H22N4O3. The second kappa shape index (κ2) is 6.60. The van der Waals surface area contributed by atoms with Crippen LogP contribution >= 0.6 is 0 Å². The Morgan fingerprint density at radius 2 is 2.29 bits per heavy atom. The van der Waals surface area contributed by atoms with Crippen LogP contribution in [0.15, 0.2) is 12.5 Å². The molecule has 1 aliphatic rings. The Kier molecular flexibility index (Phi) is 4.82. The van der Waals surface area contributed by atoms with Crippen LogP contribution in [0.5, 0.6) is 0 Å². The van der Waals surface area contributed by atoms with Crippen LogP contribution in [0.3, 0.4) is 0 Å². The number of urea groups is 1. The summed E-state index contributed by atoms with van der Waals surface area (Å²) in [7, 11) is 0. The quantitative estimate of drug-likeness (QED) is 0.607. The fourth-order valence-corrected chi connectivity index (χ4v) is 2.63. The van der Waals surface area contributed by atoms with Gasteiger partial charge in [0.2, 0.25) is 0 Å². The van der Waals surface area contributed by atoms with Gasteiger partial charge < -0.3 is 20.7 Å². The van der Waals surface area contributed by atoms with Crippen molar-refractivity contribution < 1.29 is 14.7 Å². The van der Waals surface area contributed by atoms with Gasteiger partial charge in [-0.25, -0.2) is 14.6 Å². The van der Waals surface area contributed by atoms with Crippen LogP contribution in [0, 0.1) is 5.41 Å². The normalized spacial score (nSPS) is 17.6. The summed E-state index contributed by atoms with van der Waals surface area (Å²) in [5.41, 5.74) is 0.881. The van der Waals surface area contributed by atoms with Gasteiger partial charge in [0.05, 0.1) is 6.33 Å². The van der Waals surface area contributed by atoms with E-state index < -0.39 is 18.0 Å². The van der Waals surface area contributed by atoms with E-state index in [1.807, 2.05) is 0 Å². The molecule has 0 aliphatic heterocycles. The van der Waals surface area contributed by atoms with E-state index in [1.54, 1.807) is 6.20 Å². The molecule has 1 fully saturated rings. The molecule has 4 N–H and O–H groups in total. The van der Waals surface area contributed by atoms with Crippen molar-refractivity contribution in [3.63, 3.8) is 0 Å². The summed E-state index contributed by atoms with van der Waals surface area (Å²) in [4.78, 5) is 29.8. The first-order chi connectivity index (χ1) is 10.0. The molecule has 1 aliphatic carbocycles. The lowest BCUT2D eigenvalue weighted by Crippen LogP contribution is -2.50. The van der Waals surface area contributed by atoms with Crippen LogP contribution in [0.1, 0.15) is 38.3 Å². The number of nitrogens with zero attached hydrogens (tertiary/aromatic N) is 1. The van der Waals surface area contributed by atoms with Crippen molar-refractivity contribution in [2.75, 3.05) is 6.54 Å². The molecule has 0 saturated heterocycles. The molecular weight excluding hydrogens is 272 g/mol. The molecule has 0 aromatic carbocycles. The lowest BCUT2D eigenvalue weighted by molar-refractivity contribution is -0.139. The van der Waals surface area contributed by atoms with Gasteiger partial charge in [-0.05, 0) is 24.7 Å². The van der Waals surface area contributed by atoms with Crippen molar-refractivity contribution >= 4 is 12.0 Å². The summed E-state index contributed by atoms with van der Waals surface area (Å²) in [6, 6.07) is -1.40. The van der Waals surface area contributed by atoms with Crippen LogP contribution in [-0.2, 0) is 11.2 Å². The molecule has 0 bridgehead atoms. The van der Waals surface area contributed by atoms with E-state index in [9.17, 15) is 14.7 Å². The van der Waals surface area contributed by atoms with Gasteiger partial charge >= 0.3 is 12.0 Å². The monoisotopic (exact) mass is 294 g/mol. The van der Waals surface area contributed by atoms with E-state index in [-0.39, 0.29) is 11.8 Å². The molecule has 0 unspecified atom stereocenters. The van der Waals surface area contributed by atoms with E-state index >= 15 is 0 Å². The van der Waals surface area contributed by atoms with E-state index in [0.29, 0.717) is 12.2 Å². The standard InChI is InChI=1S/C14H22N4O3/c1-2-14(4-3-5-14)8-16-13(21)18-11(12(19)20)6-10-7-15-9-17-10/h7,9,11H,2-6,8H2,1H3,(H,15,17)(H,19,20)(H2,16,18,21)/t11-/m0/s1. The number of hydrogen-bond donors (Lipinski definition) is 4. The molecule has 1 saturated carbocycles. The summed E-state index contributed by atoms with van der Waals surface area (Å²) >= 11 is 0. The Labute approximate surface area is 123 Å². The molecule has 1 aromatic rings. The first-order valence-corrected chi connectivity index (χ1v) is 7.29. The third-order valence-electron chi connectivity index (χ3n) is 4.37. The van der Waals surface area contributed by atoms with Crippen molar-refractivity contribution in [2.45, 2.75) is 45.1 Å². The van der Waals surface area contributed by atoms with Crippen molar-refractivity contribution in [1.29, 1.82) is 0 Å². The van der Waals surface area contributed by atoms with E-state index in [1.165, 1.54) is 12.7 Å². The zero-order valence-corrected chi connectivity index (χ0v) is 12.2. The summed E-state index contributed by atoms with van der Waals surface area (Å²) in [5, 5.41) is 14.5. The molecule has 7 heteroatoms. The lowest BCUT2D eigenvalue weighted by Gasteiger charge is -2.41. The van der Waals surface area contributed by atoms with Crippen LogP contribution < -0.4 is 10.6 Å². The molecule has 116 valence electrons. The predicted octanol–water partition coefficient (Wildman–Crippen LogP) is 1.28. The summed E-state index contributed by atoms with van der Waals surface area (Å²) in [6.07, 6.45) is 7.70. The van der Waals surface area contributed by atoms with Crippen molar-refractivity contribution in [3.8, 4) is 0 Å². The highest BCUT2D eigenvalue weighted by Gasteiger charge is 2.35. The fraction of sp³-hybridized carbons (Fsp3) is 0.643. The highest BCUT2D eigenvalue weighted by atomic mass is 16.4. The average Bonchev–Trinajstić information content (AvgIpc) is 2.90. The average molecular weight is 294 g/mol. The molecule has 1 aromatic heterocycles. The van der Waals surface area contributed by atoms with Gasteiger partial charge in [0, 0.05) is 24.9 Å². The number of aromatic nitrogens is 2. The Hall–Kier alpha value is -2.05. The number of amides is 2. The number of nitrogens with one attached hydrogen (secondary N) is 3. The molecule has 2 rings (SSSR count). The number of carbonyl (C=O) groups is 2. The Morgan fingerprint density at radius 1 is 1.52 bits per heavy atom. The molecule has 21 heavy (non-hydrogen) atoms. The molecule has 0 radical (unpaired) electrons. The number of aromatic amines is 1. The largest absolute Gasteiger partial charge is 0.480 e. The number of carboxylic acid groups (broad SMARTS) is 1. The molecule has 2 amide bonds. The third kappa shape index (κ3) is 3.96. The van der Waals surface area contributed by atoms with E-state index in [2.05, 4.69) is 27.5 Å². The van der Waals surface area contributed by atoms with E-state index in [4.69, 9.17) is 0 Å².